The van der Waals surface area contributed by atoms with Crippen LogP contribution in [0, 0.1) is 5.92 Å². The molecule has 2 N–H and O–H groups in total. The molecule has 0 saturated carbocycles. The first kappa shape index (κ1) is 14.2. The molecule has 0 saturated heterocycles. The number of alkyl carbamates (subject to hydrolysis) is 1. The molecular weight excluding hydrogens is 194 g/mol. The minimum Gasteiger partial charge on any atom is -0.449 e. The fraction of sp³-hybridized carbons (Fsp3) is 0.909. The van der Waals surface area contributed by atoms with Crippen molar-refractivity contribution >= 4 is 6.09 Å². The SMILES string of the molecule is CCC(C)(CCO)NC(=O)OCC(C)C. The zero-order valence-electron chi connectivity index (χ0n) is 10.2. The predicted octanol–water partition coefficient (Wildman–Crippen LogP) is 1.92. The lowest BCUT2D eigenvalue weighted by molar-refractivity contribution is 0.116. The van der Waals surface area contributed by atoms with E-state index in [1.807, 2.05) is 27.7 Å². The second kappa shape index (κ2) is 6.67. The zero-order valence-corrected chi connectivity index (χ0v) is 10.2. The Hall–Kier alpha value is -0.770. The van der Waals surface area contributed by atoms with Crippen LogP contribution in [-0.2, 0) is 4.74 Å². The maximum atomic E-state index is 11.4. The van der Waals surface area contributed by atoms with Crippen molar-refractivity contribution in [1.82, 2.24) is 5.32 Å². The lowest BCUT2D eigenvalue weighted by Gasteiger charge is -2.28. The van der Waals surface area contributed by atoms with Crippen LogP contribution in [0.5, 0.6) is 0 Å². The van der Waals surface area contributed by atoms with Crippen molar-refractivity contribution in [2.24, 2.45) is 5.92 Å². The van der Waals surface area contributed by atoms with Gasteiger partial charge in [-0.15, -0.1) is 0 Å². The Labute approximate surface area is 92.0 Å². The summed E-state index contributed by atoms with van der Waals surface area (Å²) in [5.41, 5.74) is -0.372. The fourth-order valence-electron chi connectivity index (χ4n) is 1.10. The number of aliphatic hydroxyl groups excluding tert-OH is 1. The number of carbonyl (C=O) groups excluding carboxylic acids is 1. The van der Waals surface area contributed by atoms with Crippen molar-refractivity contribution in [3.63, 3.8) is 0 Å². The Morgan fingerprint density at radius 3 is 2.53 bits per heavy atom. The van der Waals surface area contributed by atoms with Crippen molar-refractivity contribution in [1.29, 1.82) is 0 Å². The van der Waals surface area contributed by atoms with Gasteiger partial charge in [0.1, 0.15) is 0 Å². The van der Waals surface area contributed by atoms with Gasteiger partial charge in [0.15, 0.2) is 0 Å². The summed E-state index contributed by atoms with van der Waals surface area (Å²) in [5.74, 6) is 0.335. The molecule has 1 unspecified atom stereocenters. The fourth-order valence-corrected chi connectivity index (χ4v) is 1.10. The molecule has 90 valence electrons. The second-order valence-electron chi connectivity index (χ2n) is 4.51. The summed E-state index contributed by atoms with van der Waals surface area (Å²) in [4.78, 5) is 11.4. The van der Waals surface area contributed by atoms with Gasteiger partial charge in [-0.25, -0.2) is 4.79 Å². The van der Waals surface area contributed by atoms with E-state index in [1.165, 1.54) is 0 Å². The first-order valence-electron chi connectivity index (χ1n) is 5.49. The minimum absolute atomic E-state index is 0.0643. The van der Waals surface area contributed by atoms with Crippen molar-refractivity contribution in [2.45, 2.75) is 46.1 Å². The third-order valence-corrected chi connectivity index (χ3v) is 2.40. The summed E-state index contributed by atoms with van der Waals surface area (Å²) in [5, 5.41) is 11.7. The standard InChI is InChI=1S/C11H23NO3/c1-5-11(4,6-7-13)12-10(14)15-8-9(2)3/h9,13H,5-8H2,1-4H3,(H,12,14). The molecule has 4 nitrogen and oxygen atoms in total. The van der Waals surface area contributed by atoms with Gasteiger partial charge >= 0.3 is 6.09 Å². The summed E-state index contributed by atoms with van der Waals surface area (Å²) >= 11 is 0. The van der Waals surface area contributed by atoms with Crippen LogP contribution in [0.4, 0.5) is 4.79 Å². The molecule has 0 aromatic rings. The highest BCUT2D eigenvalue weighted by atomic mass is 16.5. The van der Waals surface area contributed by atoms with Gasteiger partial charge in [-0.3, -0.25) is 0 Å². The predicted molar refractivity (Wildman–Crippen MR) is 59.7 cm³/mol. The number of aliphatic hydroxyl groups is 1. The molecule has 0 heterocycles. The van der Waals surface area contributed by atoms with Crippen molar-refractivity contribution in [3.8, 4) is 0 Å². The quantitative estimate of drug-likeness (QED) is 0.714. The second-order valence-corrected chi connectivity index (χ2v) is 4.51. The summed E-state index contributed by atoms with van der Waals surface area (Å²) < 4.78 is 5.02. The molecule has 0 bridgehead atoms. The van der Waals surface area contributed by atoms with Crippen LogP contribution in [-0.4, -0.2) is 30.0 Å². The monoisotopic (exact) mass is 217 g/mol. The summed E-state index contributed by atoms with van der Waals surface area (Å²) in [7, 11) is 0. The average molecular weight is 217 g/mol. The molecule has 0 rings (SSSR count). The molecule has 15 heavy (non-hydrogen) atoms. The molecule has 0 aliphatic carbocycles. The smallest absolute Gasteiger partial charge is 0.407 e. The first-order chi connectivity index (χ1) is 6.93. The molecule has 1 amide bonds. The van der Waals surface area contributed by atoms with E-state index < -0.39 is 6.09 Å². The normalized spacial score (nSPS) is 14.8. The van der Waals surface area contributed by atoms with Gasteiger partial charge in [0.25, 0.3) is 0 Å². The Kier molecular flexibility index (Phi) is 6.32. The van der Waals surface area contributed by atoms with Crippen molar-refractivity contribution in [2.75, 3.05) is 13.2 Å². The van der Waals surface area contributed by atoms with E-state index in [1.54, 1.807) is 0 Å². The van der Waals surface area contributed by atoms with Gasteiger partial charge in [0.05, 0.1) is 6.61 Å². The van der Waals surface area contributed by atoms with Crippen LogP contribution < -0.4 is 5.32 Å². The molecular formula is C11H23NO3. The van der Waals surface area contributed by atoms with Crippen LogP contribution in [0.3, 0.4) is 0 Å². The van der Waals surface area contributed by atoms with E-state index in [2.05, 4.69) is 5.32 Å². The third kappa shape index (κ3) is 6.33. The molecule has 1 atom stereocenters. The number of amides is 1. The average Bonchev–Trinajstić information content (AvgIpc) is 2.15. The third-order valence-electron chi connectivity index (χ3n) is 2.40. The van der Waals surface area contributed by atoms with Crippen molar-refractivity contribution < 1.29 is 14.6 Å². The lowest BCUT2D eigenvalue weighted by Crippen LogP contribution is -2.46. The largest absolute Gasteiger partial charge is 0.449 e. The summed E-state index contributed by atoms with van der Waals surface area (Å²) in [6.07, 6.45) is 0.909. The zero-order chi connectivity index (χ0) is 11.9. The molecule has 0 radical (unpaired) electrons. The highest BCUT2D eigenvalue weighted by Crippen LogP contribution is 2.13. The molecule has 4 heteroatoms. The topological polar surface area (TPSA) is 58.6 Å². The Morgan fingerprint density at radius 1 is 1.53 bits per heavy atom. The van der Waals surface area contributed by atoms with Gasteiger partial charge in [0, 0.05) is 12.1 Å². The first-order valence-corrected chi connectivity index (χ1v) is 5.49. The van der Waals surface area contributed by atoms with E-state index in [9.17, 15) is 4.79 Å². The van der Waals surface area contributed by atoms with Crippen LogP contribution in [0.1, 0.15) is 40.5 Å². The minimum atomic E-state index is -0.401. The molecule has 0 aromatic heterocycles. The van der Waals surface area contributed by atoms with Crippen LogP contribution >= 0.6 is 0 Å². The van der Waals surface area contributed by atoms with Crippen molar-refractivity contribution in [3.05, 3.63) is 0 Å². The number of hydrogen-bond acceptors (Lipinski definition) is 3. The number of carbonyl (C=O) groups is 1. The Balaban J connectivity index is 4.01. The number of ether oxygens (including phenoxy) is 1. The maximum Gasteiger partial charge on any atom is 0.407 e. The lowest BCUT2D eigenvalue weighted by atomic mass is 9.95. The molecule has 0 aliphatic rings. The summed E-state index contributed by atoms with van der Waals surface area (Å²) in [6.45, 7) is 8.33. The Morgan fingerprint density at radius 2 is 2.13 bits per heavy atom. The van der Waals surface area contributed by atoms with E-state index in [-0.39, 0.29) is 12.1 Å². The number of nitrogens with one attached hydrogen (secondary N) is 1. The van der Waals surface area contributed by atoms with E-state index >= 15 is 0 Å². The van der Waals surface area contributed by atoms with Gasteiger partial charge in [-0.1, -0.05) is 20.8 Å². The maximum absolute atomic E-state index is 11.4. The van der Waals surface area contributed by atoms with Gasteiger partial charge in [0.2, 0.25) is 0 Å². The van der Waals surface area contributed by atoms with Crippen LogP contribution in [0.15, 0.2) is 0 Å². The molecule has 0 aliphatic heterocycles. The molecule has 0 fully saturated rings. The number of hydrogen-bond donors (Lipinski definition) is 2. The summed E-state index contributed by atoms with van der Waals surface area (Å²) in [6, 6.07) is 0. The molecule has 0 spiro atoms. The van der Waals surface area contributed by atoms with Gasteiger partial charge < -0.3 is 15.2 Å². The van der Waals surface area contributed by atoms with Crippen LogP contribution in [0.25, 0.3) is 0 Å². The highest BCUT2D eigenvalue weighted by molar-refractivity contribution is 5.68. The Bertz CT molecular complexity index is 194. The van der Waals surface area contributed by atoms with E-state index in [0.717, 1.165) is 6.42 Å². The molecule has 0 aromatic carbocycles. The highest BCUT2D eigenvalue weighted by Gasteiger charge is 2.24. The number of rotatable bonds is 6. The van der Waals surface area contributed by atoms with Gasteiger partial charge in [-0.2, -0.15) is 0 Å². The van der Waals surface area contributed by atoms with Crippen LogP contribution in [0.2, 0.25) is 0 Å². The van der Waals surface area contributed by atoms with Gasteiger partial charge in [-0.05, 0) is 25.7 Å². The van der Waals surface area contributed by atoms with E-state index in [4.69, 9.17) is 9.84 Å². The van der Waals surface area contributed by atoms with E-state index in [0.29, 0.717) is 18.9 Å².